The molecule has 2 unspecified atom stereocenters. The number of halogens is 1. The number of ether oxygens (including phenoxy) is 2. The van der Waals surface area contributed by atoms with E-state index < -0.39 is 6.09 Å². The van der Waals surface area contributed by atoms with Crippen molar-refractivity contribution in [2.75, 3.05) is 55.7 Å². The topological polar surface area (TPSA) is 45.2 Å². The molecular weight excluding hydrogens is 489 g/mol. The molecule has 0 bridgehead atoms. The van der Waals surface area contributed by atoms with Crippen LogP contribution in [0.2, 0.25) is 0 Å². The maximum absolute atomic E-state index is 15.2. The number of hydrogen-bond acceptors (Lipinski definition) is 6. The minimum Gasteiger partial charge on any atom is -0.399 e. The van der Waals surface area contributed by atoms with Crippen LogP contribution >= 0.6 is 11.3 Å². The van der Waals surface area contributed by atoms with Gasteiger partial charge in [0.05, 0.1) is 24.6 Å². The van der Waals surface area contributed by atoms with Gasteiger partial charge in [-0.1, -0.05) is 29.8 Å². The van der Waals surface area contributed by atoms with Crippen molar-refractivity contribution in [1.29, 1.82) is 0 Å². The molecule has 1 saturated carbocycles. The van der Waals surface area contributed by atoms with Gasteiger partial charge in [0.25, 0.3) is 0 Å². The molecule has 3 aromatic rings. The van der Waals surface area contributed by atoms with E-state index in [1.807, 2.05) is 22.4 Å². The van der Waals surface area contributed by atoms with Crippen LogP contribution in [-0.4, -0.2) is 56.9 Å². The number of thiophene rings is 1. The van der Waals surface area contributed by atoms with Gasteiger partial charge in [-0.3, -0.25) is 9.80 Å². The number of rotatable bonds is 7. The summed E-state index contributed by atoms with van der Waals surface area (Å²) in [5.74, 6) is 1.18. The highest BCUT2D eigenvalue weighted by molar-refractivity contribution is 7.11. The fourth-order valence-electron chi connectivity index (χ4n) is 5.77. The zero-order valence-electron chi connectivity index (χ0n) is 21.0. The van der Waals surface area contributed by atoms with Crippen LogP contribution in [0.4, 0.5) is 20.6 Å². The van der Waals surface area contributed by atoms with Gasteiger partial charge < -0.3 is 14.4 Å². The molecule has 1 aromatic heterocycles. The molecule has 2 aliphatic heterocycles. The zero-order chi connectivity index (χ0) is 25.4. The number of anilines is 2. The second-order valence-electron chi connectivity index (χ2n) is 10.3. The molecule has 3 heterocycles. The van der Waals surface area contributed by atoms with Crippen molar-refractivity contribution >= 4 is 28.8 Å². The Morgan fingerprint density at radius 3 is 2.54 bits per heavy atom. The Labute approximate surface area is 221 Å². The quantitative estimate of drug-likeness (QED) is 0.416. The molecule has 2 aromatic carbocycles. The number of carbonyl (C=O) groups excluding carboxylic acids is 1. The van der Waals surface area contributed by atoms with Crippen molar-refractivity contribution in [1.82, 2.24) is 4.90 Å². The van der Waals surface area contributed by atoms with E-state index in [9.17, 15) is 4.79 Å². The molecule has 6 rings (SSSR count). The summed E-state index contributed by atoms with van der Waals surface area (Å²) in [6.07, 6.45) is -0.456. The maximum atomic E-state index is 15.2. The van der Waals surface area contributed by atoms with Crippen LogP contribution < -0.4 is 14.5 Å². The highest BCUT2D eigenvalue weighted by Crippen LogP contribution is 2.52. The molecule has 2 atom stereocenters. The summed E-state index contributed by atoms with van der Waals surface area (Å²) < 4.78 is 26.3. The van der Waals surface area contributed by atoms with Crippen molar-refractivity contribution in [3.05, 3.63) is 76.9 Å². The third-order valence-corrected chi connectivity index (χ3v) is 8.61. The largest absolute Gasteiger partial charge is 0.420 e. The fraction of sp³-hybridized carbons (Fsp3) is 0.414. The third kappa shape index (κ3) is 5.37. The minimum atomic E-state index is -0.456. The number of amides is 1. The van der Waals surface area contributed by atoms with E-state index >= 15 is 4.39 Å². The van der Waals surface area contributed by atoms with E-state index in [0.29, 0.717) is 67.0 Å². The first-order valence-corrected chi connectivity index (χ1v) is 13.9. The third-order valence-electron chi connectivity index (χ3n) is 7.87. The summed E-state index contributed by atoms with van der Waals surface area (Å²) in [5, 5.41) is 2.41. The predicted octanol–water partition coefficient (Wildman–Crippen LogP) is 5.42. The second-order valence-corrected chi connectivity index (χ2v) is 11.2. The predicted molar refractivity (Wildman–Crippen MR) is 144 cm³/mol. The van der Waals surface area contributed by atoms with E-state index in [1.54, 1.807) is 17.0 Å². The van der Waals surface area contributed by atoms with Crippen LogP contribution in [0.3, 0.4) is 0 Å². The van der Waals surface area contributed by atoms with Crippen LogP contribution in [0.25, 0.3) is 0 Å². The molecule has 2 saturated heterocycles. The summed E-state index contributed by atoms with van der Waals surface area (Å²) >= 11 is 1.37. The molecule has 0 N–H and O–H groups in total. The number of nitrogens with zero attached hydrogens (tertiary/aromatic N) is 3. The number of hydrogen-bond donors (Lipinski definition) is 0. The average Bonchev–Trinajstić information content (AvgIpc) is 3.24. The summed E-state index contributed by atoms with van der Waals surface area (Å²) in [4.78, 5) is 19.4. The molecule has 3 aliphatic rings. The summed E-state index contributed by atoms with van der Waals surface area (Å²) in [6.45, 7) is 8.15. The van der Waals surface area contributed by atoms with Crippen molar-refractivity contribution in [2.24, 2.45) is 17.8 Å². The number of carbonyl (C=O) groups is 1. The van der Waals surface area contributed by atoms with Gasteiger partial charge in [0.2, 0.25) is 0 Å². The molecule has 8 heteroatoms. The lowest BCUT2D eigenvalue weighted by Crippen LogP contribution is -2.38. The molecule has 194 valence electrons. The van der Waals surface area contributed by atoms with E-state index in [0.717, 1.165) is 19.6 Å². The highest BCUT2D eigenvalue weighted by atomic mass is 32.1. The molecule has 1 aliphatic carbocycles. The molecular formula is C29H32FN3O3S. The maximum Gasteiger partial charge on any atom is 0.420 e. The summed E-state index contributed by atoms with van der Waals surface area (Å²) in [7, 11) is 0. The SMILES string of the molecule is Cc1ccc(CN2CC3C(C2)C3CN(C(=O)Oc2cccs2)c2ccc(N3CCOCC3)c(F)c2)cc1. The number of piperidine rings is 1. The first kappa shape index (κ1) is 24.4. The van der Waals surface area contributed by atoms with Crippen LogP contribution in [0.15, 0.2) is 60.0 Å². The average molecular weight is 522 g/mol. The smallest absolute Gasteiger partial charge is 0.399 e. The van der Waals surface area contributed by atoms with E-state index in [-0.39, 0.29) is 5.82 Å². The van der Waals surface area contributed by atoms with Gasteiger partial charge in [-0.15, -0.1) is 11.3 Å². The van der Waals surface area contributed by atoms with Crippen LogP contribution in [-0.2, 0) is 11.3 Å². The minimum absolute atomic E-state index is 0.325. The number of aryl methyl sites for hydroxylation is 1. The van der Waals surface area contributed by atoms with E-state index in [4.69, 9.17) is 9.47 Å². The Bertz CT molecular complexity index is 1220. The van der Waals surface area contributed by atoms with Gasteiger partial charge in [0.15, 0.2) is 5.06 Å². The normalized spacial score (nSPS) is 23.1. The van der Waals surface area contributed by atoms with Gasteiger partial charge in [-0.2, -0.15) is 0 Å². The molecule has 6 nitrogen and oxygen atoms in total. The zero-order valence-corrected chi connectivity index (χ0v) is 21.8. The Morgan fingerprint density at radius 2 is 1.86 bits per heavy atom. The lowest BCUT2D eigenvalue weighted by atomic mass is 10.1. The fourth-order valence-corrected chi connectivity index (χ4v) is 6.34. The lowest BCUT2D eigenvalue weighted by Gasteiger charge is -2.30. The highest BCUT2D eigenvalue weighted by Gasteiger charge is 2.56. The molecule has 3 fully saturated rings. The van der Waals surface area contributed by atoms with E-state index in [2.05, 4.69) is 36.1 Å². The molecule has 0 spiro atoms. The standard InChI is InChI=1S/C29H32FN3O3S/c1-20-4-6-21(7-5-20)16-31-17-23-24(18-31)25(23)19-33(29(34)36-28-3-2-14-37-28)22-8-9-27(26(30)15-22)32-10-12-35-13-11-32/h2-9,14-15,23-25H,10-13,16-19H2,1H3. The lowest BCUT2D eigenvalue weighted by molar-refractivity contribution is 0.122. The number of benzene rings is 2. The Balaban J connectivity index is 1.14. The number of fused-ring (bicyclic) bond motifs is 1. The summed E-state index contributed by atoms with van der Waals surface area (Å²) in [5.41, 5.74) is 3.70. The number of likely N-dealkylation sites (tertiary alicyclic amines) is 1. The Morgan fingerprint density at radius 1 is 1.11 bits per heavy atom. The van der Waals surface area contributed by atoms with E-state index in [1.165, 1.54) is 28.5 Å². The van der Waals surface area contributed by atoms with Crippen LogP contribution in [0.5, 0.6) is 5.06 Å². The van der Waals surface area contributed by atoms with Gasteiger partial charge >= 0.3 is 6.09 Å². The Kier molecular flexibility index (Phi) is 6.88. The molecule has 1 amide bonds. The molecule has 37 heavy (non-hydrogen) atoms. The van der Waals surface area contributed by atoms with Crippen LogP contribution in [0.1, 0.15) is 11.1 Å². The number of morpholine rings is 1. The first-order valence-electron chi connectivity index (χ1n) is 13.0. The van der Waals surface area contributed by atoms with Gasteiger partial charge in [0, 0.05) is 39.3 Å². The van der Waals surface area contributed by atoms with Crippen molar-refractivity contribution in [3.63, 3.8) is 0 Å². The first-order chi connectivity index (χ1) is 18.0. The van der Waals surface area contributed by atoms with Gasteiger partial charge in [-0.25, -0.2) is 9.18 Å². The van der Waals surface area contributed by atoms with Crippen molar-refractivity contribution in [3.8, 4) is 5.06 Å². The van der Waals surface area contributed by atoms with Gasteiger partial charge in [-0.05, 0) is 66.0 Å². The van der Waals surface area contributed by atoms with Gasteiger partial charge in [0.1, 0.15) is 5.82 Å². The second kappa shape index (κ2) is 10.4. The van der Waals surface area contributed by atoms with Crippen molar-refractivity contribution in [2.45, 2.75) is 13.5 Å². The van der Waals surface area contributed by atoms with Crippen molar-refractivity contribution < 1.29 is 18.7 Å². The van der Waals surface area contributed by atoms with Crippen LogP contribution in [0, 0.1) is 30.5 Å². The summed E-state index contributed by atoms with van der Waals surface area (Å²) in [6, 6.07) is 17.4. The monoisotopic (exact) mass is 521 g/mol. The Hall–Kier alpha value is -2.94. The molecule has 0 radical (unpaired) electrons.